The van der Waals surface area contributed by atoms with Crippen LogP contribution in [-0.2, 0) is 19.1 Å². The Morgan fingerprint density at radius 3 is 2.07 bits per heavy atom. The molecule has 1 aliphatic rings. The number of nitrogens with one attached hydrogen (secondary N) is 1. The lowest BCUT2D eigenvalue weighted by Gasteiger charge is -2.26. The van der Waals surface area contributed by atoms with E-state index in [1.165, 1.54) is 26.5 Å². The molecule has 1 aliphatic heterocycles. The summed E-state index contributed by atoms with van der Waals surface area (Å²) in [5, 5.41) is 2.62. The van der Waals surface area contributed by atoms with Crippen LogP contribution in [0, 0.1) is 0 Å². The maximum absolute atomic E-state index is 11.4. The Balaban J connectivity index is 3.02. The van der Waals surface area contributed by atoms with Crippen molar-refractivity contribution in [1.29, 1.82) is 0 Å². The van der Waals surface area contributed by atoms with E-state index in [4.69, 9.17) is 0 Å². The van der Waals surface area contributed by atoms with Gasteiger partial charge in [0, 0.05) is 0 Å². The highest BCUT2D eigenvalue weighted by atomic mass is 16.5. The topological polar surface area (TPSA) is 64.6 Å². The molecule has 0 amide bonds. The van der Waals surface area contributed by atoms with E-state index in [0.717, 1.165) is 0 Å². The molecule has 0 saturated carbocycles. The van der Waals surface area contributed by atoms with Gasteiger partial charge in [-0.25, -0.2) is 9.59 Å². The van der Waals surface area contributed by atoms with Crippen LogP contribution >= 0.6 is 0 Å². The normalized spacial score (nSPS) is 17.0. The van der Waals surface area contributed by atoms with Gasteiger partial charge in [-0.2, -0.15) is 0 Å². The summed E-state index contributed by atoms with van der Waals surface area (Å²) < 4.78 is 9.06. The standard InChI is InChI=1S/C9H11NO4/c1-13-7(11)9(8(12)14-2)5-3-4-6-10-9/h3-6,10H,1-2H3. The van der Waals surface area contributed by atoms with E-state index in [2.05, 4.69) is 14.8 Å². The maximum atomic E-state index is 11.4. The molecule has 1 heterocycles. The largest absolute Gasteiger partial charge is 0.467 e. The third kappa shape index (κ3) is 1.48. The van der Waals surface area contributed by atoms with Crippen molar-refractivity contribution in [1.82, 2.24) is 5.32 Å². The van der Waals surface area contributed by atoms with Crippen LogP contribution in [0.15, 0.2) is 24.4 Å². The van der Waals surface area contributed by atoms with Crippen LogP contribution in [0.1, 0.15) is 0 Å². The van der Waals surface area contributed by atoms with Gasteiger partial charge in [0.15, 0.2) is 0 Å². The van der Waals surface area contributed by atoms with E-state index in [1.807, 2.05) is 0 Å². The molecule has 0 fully saturated rings. The van der Waals surface area contributed by atoms with Crippen molar-refractivity contribution in [2.45, 2.75) is 5.54 Å². The highest BCUT2D eigenvalue weighted by molar-refractivity contribution is 6.07. The Hall–Kier alpha value is -1.78. The summed E-state index contributed by atoms with van der Waals surface area (Å²) in [6, 6.07) is 0. The second-order valence-corrected chi connectivity index (χ2v) is 2.65. The molecule has 14 heavy (non-hydrogen) atoms. The first-order valence-corrected chi connectivity index (χ1v) is 3.96. The smallest absolute Gasteiger partial charge is 0.347 e. The number of esters is 2. The number of hydrogen-bond donors (Lipinski definition) is 1. The van der Waals surface area contributed by atoms with Gasteiger partial charge >= 0.3 is 11.9 Å². The Morgan fingerprint density at radius 2 is 1.71 bits per heavy atom. The van der Waals surface area contributed by atoms with Crippen molar-refractivity contribution in [2.24, 2.45) is 0 Å². The second kappa shape index (κ2) is 3.95. The van der Waals surface area contributed by atoms with E-state index in [9.17, 15) is 9.59 Å². The number of carbonyl (C=O) groups excluding carboxylic acids is 2. The minimum absolute atomic E-state index is 0.704. The van der Waals surface area contributed by atoms with Crippen LogP contribution in [0.5, 0.6) is 0 Å². The zero-order chi connectivity index (χ0) is 10.6. The first-order valence-electron chi connectivity index (χ1n) is 3.96. The summed E-state index contributed by atoms with van der Waals surface area (Å²) in [6.45, 7) is 0. The molecule has 0 unspecified atom stereocenters. The fourth-order valence-corrected chi connectivity index (χ4v) is 1.14. The van der Waals surface area contributed by atoms with Crippen LogP contribution in [0.2, 0.25) is 0 Å². The molecule has 0 spiro atoms. The summed E-state index contributed by atoms with van der Waals surface area (Å²) in [4.78, 5) is 22.8. The van der Waals surface area contributed by atoms with Gasteiger partial charge in [0.05, 0.1) is 14.2 Å². The summed E-state index contributed by atoms with van der Waals surface area (Å²) >= 11 is 0. The van der Waals surface area contributed by atoms with Crippen LogP contribution in [0.4, 0.5) is 0 Å². The average Bonchev–Trinajstić information content (AvgIpc) is 2.27. The number of carbonyl (C=O) groups is 2. The number of rotatable bonds is 2. The van der Waals surface area contributed by atoms with Crippen LogP contribution < -0.4 is 5.32 Å². The fraction of sp³-hybridized carbons (Fsp3) is 0.333. The summed E-state index contributed by atoms with van der Waals surface area (Å²) in [5.74, 6) is -1.41. The molecular formula is C9H11NO4. The average molecular weight is 197 g/mol. The highest BCUT2D eigenvalue weighted by Gasteiger charge is 2.46. The summed E-state index contributed by atoms with van der Waals surface area (Å²) in [5.41, 5.74) is -1.54. The van der Waals surface area contributed by atoms with Gasteiger partial charge in [-0.3, -0.25) is 0 Å². The van der Waals surface area contributed by atoms with Gasteiger partial charge in [0.25, 0.3) is 5.54 Å². The minimum atomic E-state index is -1.54. The molecule has 0 aromatic rings. The van der Waals surface area contributed by atoms with Crippen LogP contribution in [-0.4, -0.2) is 31.7 Å². The van der Waals surface area contributed by atoms with E-state index < -0.39 is 17.5 Å². The number of dihydropyridines is 1. The number of ether oxygens (including phenoxy) is 2. The molecule has 0 bridgehead atoms. The number of methoxy groups -OCH3 is 2. The van der Waals surface area contributed by atoms with Crippen molar-refractivity contribution in [3.05, 3.63) is 24.4 Å². The van der Waals surface area contributed by atoms with Crippen molar-refractivity contribution in [3.8, 4) is 0 Å². The molecule has 76 valence electrons. The lowest BCUT2D eigenvalue weighted by molar-refractivity contribution is -0.159. The van der Waals surface area contributed by atoms with Crippen molar-refractivity contribution < 1.29 is 19.1 Å². The van der Waals surface area contributed by atoms with E-state index in [1.54, 1.807) is 12.2 Å². The third-order valence-electron chi connectivity index (χ3n) is 1.88. The third-order valence-corrected chi connectivity index (χ3v) is 1.88. The zero-order valence-corrected chi connectivity index (χ0v) is 7.94. The van der Waals surface area contributed by atoms with Gasteiger partial charge in [-0.05, 0) is 18.4 Å². The molecule has 5 heteroatoms. The van der Waals surface area contributed by atoms with Gasteiger partial charge in [-0.1, -0.05) is 6.08 Å². The molecule has 0 radical (unpaired) electrons. The minimum Gasteiger partial charge on any atom is -0.467 e. The maximum Gasteiger partial charge on any atom is 0.347 e. The lowest BCUT2D eigenvalue weighted by Crippen LogP contribution is -2.56. The highest BCUT2D eigenvalue weighted by Crippen LogP contribution is 2.15. The monoisotopic (exact) mass is 197 g/mol. The predicted octanol–water partition coefficient (Wildman–Crippen LogP) is -0.256. The van der Waals surface area contributed by atoms with E-state index in [0.29, 0.717) is 0 Å². The fourth-order valence-electron chi connectivity index (χ4n) is 1.14. The van der Waals surface area contributed by atoms with Crippen LogP contribution in [0.25, 0.3) is 0 Å². The Kier molecular flexibility index (Phi) is 2.91. The Morgan fingerprint density at radius 1 is 1.14 bits per heavy atom. The molecule has 1 N–H and O–H groups in total. The second-order valence-electron chi connectivity index (χ2n) is 2.65. The van der Waals surface area contributed by atoms with Crippen LogP contribution in [0.3, 0.4) is 0 Å². The molecule has 0 saturated heterocycles. The lowest BCUT2D eigenvalue weighted by atomic mass is 9.97. The molecule has 0 aromatic heterocycles. The Bertz CT molecular complexity index is 290. The first kappa shape index (κ1) is 10.3. The number of allylic oxidation sites excluding steroid dienone is 2. The predicted molar refractivity (Wildman–Crippen MR) is 48.2 cm³/mol. The van der Waals surface area contributed by atoms with Crippen molar-refractivity contribution in [3.63, 3.8) is 0 Å². The quantitative estimate of drug-likeness (QED) is 0.488. The van der Waals surface area contributed by atoms with Gasteiger partial charge in [0.1, 0.15) is 0 Å². The Labute approximate surface area is 81.4 Å². The first-order chi connectivity index (χ1) is 6.67. The van der Waals surface area contributed by atoms with Gasteiger partial charge in [0.2, 0.25) is 0 Å². The van der Waals surface area contributed by atoms with Crippen molar-refractivity contribution >= 4 is 11.9 Å². The SMILES string of the molecule is COC(=O)C1(C(=O)OC)C=CC=CN1. The van der Waals surface area contributed by atoms with Gasteiger partial charge in [-0.15, -0.1) is 0 Å². The molecular weight excluding hydrogens is 186 g/mol. The molecule has 5 nitrogen and oxygen atoms in total. The molecule has 1 rings (SSSR count). The van der Waals surface area contributed by atoms with E-state index >= 15 is 0 Å². The summed E-state index contributed by atoms with van der Waals surface area (Å²) in [6.07, 6.45) is 6.10. The van der Waals surface area contributed by atoms with E-state index in [-0.39, 0.29) is 0 Å². The molecule has 0 aromatic carbocycles. The van der Waals surface area contributed by atoms with Crippen molar-refractivity contribution in [2.75, 3.05) is 14.2 Å². The zero-order valence-electron chi connectivity index (χ0n) is 7.94. The molecule has 0 aliphatic carbocycles. The molecule has 0 atom stereocenters. The number of hydrogen-bond acceptors (Lipinski definition) is 5. The van der Waals surface area contributed by atoms with Gasteiger partial charge < -0.3 is 14.8 Å². The summed E-state index contributed by atoms with van der Waals surface area (Å²) in [7, 11) is 2.42.